The van der Waals surface area contributed by atoms with Gasteiger partial charge >= 0.3 is 0 Å². The Bertz CT molecular complexity index is 947. The minimum atomic E-state index is -0.504. The van der Waals surface area contributed by atoms with Crippen molar-refractivity contribution in [2.45, 2.75) is 38.3 Å². The molecular weight excluding hydrogens is 420 g/mol. The lowest BCUT2D eigenvalue weighted by molar-refractivity contribution is 0.0398. The Morgan fingerprint density at radius 1 is 0.794 bits per heavy atom. The summed E-state index contributed by atoms with van der Waals surface area (Å²) < 4.78 is 6.05. The monoisotopic (exact) mass is 458 g/mol. The Kier molecular flexibility index (Phi) is 8.75. The number of aliphatic hydroxyl groups excluding tert-OH is 1. The SMILES string of the molecule is CC[C@H](C)c1ccccc1OC[C@@H](O)CN1CCN(C(c2ccccc2)c2ccccc2)CC1. The van der Waals surface area contributed by atoms with E-state index in [1.54, 1.807) is 0 Å². The lowest BCUT2D eigenvalue weighted by Crippen LogP contribution is -2.50. The summed E-state index contributed by atoms with van der Waals surface area (Å²) >= 11 is 0. The fourth-order valence-corrected chi connectivity index (χ4v) is 4.86. The molecule has 0 aliphatic carbocycles. The standard InChI is InChI=1S/C30H38N2O2/c1-3-24(2)28-16-10-11-17-29(28)34-23-27(33)22-31-18-20-32(21-19-31)30(25-12-6-4-7-13-25)26-14-8-5-9-15-26/h4-17,24,27,30,33H,3,18-23H2,1-2H3/t24-,27-/m0/s1. The Labute approximate surface area is 204 Å². The van der Waals surface area contributed by atoms with Gasteiger partial charge in [-0.2, -0.15) is 0 Å². The van der Waals surface area contributed by atoms with Gasteiger partial charge in [-0.05, 0) is 35.1 Å². The molecule has 0 bridgehead atoms. The number of piperazine rings is 1. The van der Waals surface area contributed by atoms with Gasteiger partial charge in [-0.1, -0.05) is 92.7 Å². The van der Waals surface area contributed by atoms with Crippen molar-refractivity contribution in [3.8, 4) is 5.75 Å². The number of benzene rings is 3. The molecular formula is C30H38N2O2. The van der Waals surface area contributed by atoms with Gasteiger partial charge in [0.15, 0.2) is 0 Å². The van der Waals surface area contributed by atoms with Crippen LogP contribution in [0.5, 0.6) is 5.75 Å². The molecule has 3 aromatic rings. The Balaban J connectivity index is 1.32. The molecule has 0 saturated carbocycles. The van der Waals surface area contributed by atoms with Crippen molar-refractivity contribution in [2.24, 2.45) is 0 Å². The van der Waals surface area contributed by atoms with Crippen LogP contribution in [0.3, 0.4) is 0 Å². The number of nitrogens with zero attached hydrogens (tertiary/aromatic N) is 2. The van der Waals surface area contributed by atoms with Crippen molar-refractivity contribution in [2.75, 3.05) is 39.3 Å². The maximum atomic E-state index is 10.7. The minimum absolute atomic E-state index is 0.259. The highest BCUT2D eigenvalue weighted by molar-refractivity contribution is 5.36. The molecule has 4 heteroatoms. The number of hydrogen-bond donors (Lipinski definition) is 1. The van der Waals surface area contributed by atoms with Crippen LogP contribution < -0.4 is 4.74 Å². The van der Waals surface area contributed by atoms with Gasteiger partial charge in [0.25, 0.3) is 0 Å². The molecule has 1 aliphatic rings. The second-order valence-electron chi connectivity index (χ2n) is 9.37. The molecule has 0 aromatic heterocycles. The predicted molar refractivity (Wildman–Crippen MR) is 139 cm³/mol. The van der Waals surface area contributed by atoms with Gasteiger partial charge in [0.05, 0.1) is 6.04 Å². The van der Waals surface area contributed by atoms with E-state index in [-0.39, 0.29) is 6.04 Å². The lowest BCUT2D eigenvalue weighted by Gasteiger charge is -2.40. The van der Waals surface area contributed by atoms with Crippen LogP contribution in [0.2, 0.25) is 0 Å². The molecule has 4 nitrogen and oxygen atoms in total. The Morgan fingerprint density at radius 3 is 1.94 bits per heavy atom. The molecule has 0 amide bonds. The average Bonchev–Trinajstić information content (AvgIpc) is 2.89. The Morgan fingerprint density at radius 2 is 1.35 bits per heavy atom. The Hall–Kier alpha value is -2.66. The molecule has 1 heterocycles. The van der Waals surface area contributed by atoms with Gasteiger partial charge < -0.3 is 9.84 Å². The van der Waals surface area contributed by atoms with Crippen LogP contribution >= 0.6 is 0 Å². The van der Waals surface area contributed by atoms with Crippen molar-refractivity contribution >= 4 is 0 Å². The van der Waals surface area contributed by atoms with Gasteiger partial charge in [-0.25, -0.2) is 0 Å². The van der Waals surface area contributed by atoms with Crippen LogP contribution in [0.25, 0.3) is 0 Å². The molecule has 0 unspecified atom stereocenters. The van der Waals surface area contributed by atoms with Gasteiger partial charge in [0.1, 0.15) is 18.5 Å². The van der Waals surface area contributed by atoms with Gasteiger partial charge in [0.2, 0.25) is 0 Å². The summed E-state index contributed by atoms with van der Waals surface area (Å²) in [6.45, 7) is 9.20. The van der Waals surface area contributed by atoms with Crippen LogP contribution in [0, 0.1) is 0 Å². The number of para-hydroxylation sites is 1. The van der Waals surface area contributed by atoms with E-state index >= 15 is 0 Å². The third-order valence-corrected chi connectivity index (χ3v) is 6.97. The molecule has 3 aromatic carbocycles. The maximum Gasteiger partial charge on any atom is 0.122 e. The molecule has 1 fully saturated rings. The molecule has 2 atom stereocenters. The molecule has 1 N–H and O–H groups in total. The second kappa shape index (κ2) is 12.2. The van der Waals surface area contributed by atoms with E-state index in [0.717, 1.165) is 38.3 Å². The first kappa shape index (κ1) is 24.5. The number of hydrogen-bond acceptors (Lipinski definition) is 4. The number of rotatable bonds is 10. The number of β-amino-alcohol motifs (C(OH)–C–C–N with tert-alkyl or cyclic N) is 1. The summed E-state index contributed by atoms with van der Waals surface area (Å²) in [7, 11) is 0. The zero-order valence-electron chi connectivity index (χ0n) is 20.5. The van der Waals surface area contributed by atoms with E-state index in [1.807, 2.05) is 12.1 Å². The molecule has 1 saturated heterocycles. The normalized spacial score (nSPS) is 16.9. The van der Waals surface area contributed by atoms with Crippen molar-refractivity contribution < 1.29 is 9.84 Å². The van der Waals surface area contributed by atoms with Crippen LogP contribution in [0.1, 0.15) is 48.9 Å². The molecule has 1 aliphatic heterocycles. The summed E-state index contributed by atoms with van der Waals surface area (Å²) in [5, 5.41) is 10.7. The summed E-state index contributed by atoms with van der Waals surface area (Å²) in [4.78, 5) is 4.92. The second-order valence-corrected chi connectivity index (χ2v) is 9.37. The first-order chi connectivity index (χ1) is 16.7. The summed E-state index contributed by atoms with van der Waals surface area (Å²) in [6, 6.07) is 30.0. The third-order valence-electron chi connectivity index (χ3n) is 6.97. The first-order valence-corrected chi connectivity index (χ1v) is 12.6. The quantitative estimate of drug-likeness (QED) is 0.444. The zero-order valence-corrected chi connectivity index (χ0v) is 20.5. The molecule has 34 heavy (non-hydrogen) atoms. The van der Waals surface area contributed by atoms with Crippen molar-refractivity contribution in [3.05, 3.63) is 102 Å². The topological polar surface area (TPSA) is 35.9 Å². The van der Waals surface area contributed by atoms with Crippen LogP contribution in [0.4, 0.5) is 0 Å². The van der Waals surface area contributed by atoms with Crippen molar-refractivity contribution in [1.82, 2.24) is 9.80 Å². The minimum Gasteiger partial charge on any atom is -0.491 e. The summed E-state index contributed by atoms with van der Waals surface area (Å²) in [5.74, 6) is 1.35. The lowest BCUT2D eigenvalue weighted by atomic mass is 9.96. The molecule has 0 spiro atoms. The van der Waals surface area contributed by atoms with Crippen LogP contribution in [-0.4, -0.2) is 60.3 Å². The predicted octanol–water partition coefficient (Wildman–Crippen LogP) is 5.35. The summed E-state index contributed by atoms with van der Waals surface area (Å²) in [5.41, 5.74) is 3.88. The molecule has 4 rings (SSSR count). The smallest absolute Gasteiger partial charge is 0.122 e. The third kappa shape index (κ3) is 6.26. The van der Waals surface area contributed by atoms with Crippen LogP contribution in [0.15, 0.2) is 84.9 Å². The first-order valence-electron chi connectivity index (χ1n) is 12.6. The zero-order chi connectivity index (χ0) is 23.8. The number of aliphatic hydroxyl groups is 1. The van der Waals surface area contributed by atoms with E-state index in [4.69, 9.17) is 4.74 Å². The van der Waals surface area contributed by atoms with E-state index in [2.05, 4.69) is 96.4 Å². The largest absolute Gasteiger partial charge is 0.491 e. The highest BCUT2D eigenvalue weighted by atomic mass is 16.5. The highest BCUT2D eigenvalue weighted by Gasteiger charge is 2.27. The fraction of sp³-hybridized carbons (Fsp3) is 0.400. The molecule has 0 radical (unpaired) electrons. The fourth-order valence-electron chi connectivity index (χ4n) is 4.86. The van der Waals surface area contributed by atoms with E-state index in [0.29, 0.717) is 19.1 Å². The summed E-state index contributed by atoms with van der Waals surface area (Å²) in [6.07, 6.45) is 0.566. The van der Waals surface area contributed by atoms with Crippen molar-refractivity contribution in [1.29, 1.82) is 0 Å². The van der Waals surface area contributed by atoms with Gasteiger partial charge in [-0.15, -0.1) is 0 Å². The van der Waals surface area contributed by atoms with E-state index in [9.17, 15) is 5.11 Å². The molecule has 180 valence electrons. The average molecular weight is 459 g/mol. The van der Waals surface area contributed by atoms with Crippen molar-refractivity contribution in [3.63, 3.8) is 0 Å². The highest BCUT2D eigenvalue weighted by Crippen LogP contribution is 2.30. The van der Waals surface area contributed by atoms with Gasteiger partial charge in [0, 0.05) is 32.7 Å². The van der Waals surface area contributed by atoms with E-state index < -0.39 is 6.10 Å². The maximum absolute atomic E-state index is 10.7. The number of ether oxygens (including phenoxy) is 1. The van der Waals surface area contributed by atoms with Gasteiger partial charge in [-0.3, -0.25) is 9.80 Å². The van der Waals surface area contributed by atoms with E-state index in [1.165, 1.54) is 16.7 Å². The van der Waals surface area contributed by atoms with Crippen LogP contribution in [-0.2, 0) is 0 Å².